The van der Waals surface area contributed by atoms with E-state index >= 15 is 0 Å². The molecule has 0 bridgehead atoms. The van der Waals surface area contributed by atoms with Gasteiger partial charge in [-0.25, -0.2) is 0 Å². The van der Waals surface area contributed by atoms with Crippen LogP contribution in [0.15, 0.2) is 53.0 Å². The predicted octanol–water partition coefficient (Wildman–Crippen LogP) is 5.34. The Morgan fingerprint density at radius 3 is 2.53 bits per heavy atom. The van der Waals surface area contributed by atoms with E-state index in [4.69, 9.17) is 11.6 Å². The normalized spacial score (nSPS) is 12.4. The Kier molecular flexibility index (Phi) is 5.44. The summed E-state index contributed by atoms with van der Waals surface area (Å²) in [6, 6.07) is 16.8. The van der Waals surface area contributed by atoms with Gasteiger partial charge < -0.3 is 5.32 Å². The maximum absolute atomic E-state index is 5.92. The highest BCUT2D eigenvalue weighted by Crippen LogP contribution is 2.20. The molecule has 0 amide bonds. The van der Waals surface area contributed by atoms with Crippen LogP contribution in [0.1, 0.15) is 30.5 Å². The Hall–Kier alpha value is -0.830. The highest BCUT2D eigenvalue weighted by molar-refractivity contribution is 9.10. The number of halogens is 2. The van der Waals surface area contributed by atoms with E-state index in [1.165, 1.54) is 11.1 Å². The summed E-state index contributed by atoms with van der Waals surface area (Å²) >= 11 is 9.42. The van der Waals surface area contributed by atoms with Gasteiger partial charge in [0.2, 0.25) is 0 Å². The van der Waals surface area contributed by atoms with Crippen molar-refractivity contribution in [3.63, 3.8) is 0 Å². The number of rotatable bonds is 5. The molecule has 1 unspecified atom stereocenters. The van der Waals surface area contributed by atoms with Crippen molar-refractivity contribution < 1.29 is 0 Å². The van der Waals surface area contributed by atoms with Gasteiger partial charge in [0.25, 0.3) is 0 Å². The molecule has 19 heavy (non-hydrogen) atoms. The van der Waals surface area contributed by atoms with E-state index in [2.05, 4.69) is 58.5 Å². The quantitative estimate of drug-likeness (QED) is 0.775. The molecule has 3 heteroatoms. The Morgan fingerprint density at radius 2 is 1.89 bits per heavy atom. The topological polar surface area (TPSA) is 12.0 Å². The number of benzene rings is 2. The average Bonchev–Trinajstić information content (AvgIpc) is 2.41. The van der Waals surface area contributed by atoms with Gasteiger partial charge in [0.1, 0.15) is 0 Å². The molecular formula is C16H17BrClN. The maximum atomic E-state index is 5.92. The third-order valence-electron chi connectivity index (χ3n) is 3.12. The minimum atomic E-state index is 0.358. The Balaban J connectivity index is 2.01. The van der Waals surface area contributed by atoms with Crippen LogP contribution in [0.3, 0.4) is 0 Å². The molecule has 1 nitrogen and oxygen atoms in total. The summed E-state index contributed by atoms with van der Waals surface area (Å²) in [5, 5.41) is 4.37. The van der Waals surface area contributed by atoms with Crippen LogP contribution in [0.25, 0.3) is 0 Å². The molecule has 0 saturated heterocycles. The highest BCUT2D eigenvalue weighted by atomic mass is 79.9. The van der Waals surface area contributed by atoms with E-state index in [0.29, 0.717) is 6.04 Å². The zero-order valence-electron chi connectivity index (χ0n) is 10.9. The fourth-order valence-corrected chi connectivity index (χ4v) is 2.65. The average molecular weight is 339 g/mol. The SMILES string of the molecule is CCC(NCc1cccc(Br)c1)c1ccc(Cl)cc1. The summed E-state index contributed by atoms with van der Waals surface area (Å²) in [5.41, 5.74) is 2.56. The molecule has 0 saturated carbocycles. The van der Waals surface area contributed by atoms with Gasteiger partial charge in [-0.15, -0.1) is 0 Å². The summed E-state index contributed by atoms with van der Waals surface area (Å²) in [7, 11) is 0. The first kappa shape index (κ1) is 14.6. The Labute approximate surface area is 128 Å². The van der Waals surface area contributed by atoms with Gasteiger partial charge in [0.15, 0.2) is 0 Å². The minimum Gasteiger partial charge on any atom is -0.306 e. The van der Waals surface area contributed by atoms with Crippen LogP contribution in [0.5, 0.6) is 0 Å². The van der Waals surface area contributed by atoms with E-state index in [1.807, 2.05) is 18.2 Å². The second-order valence-corrected chi connectivity index (χ2v) is 5.88. The lowest BCUT2D eigenvalue weighted by atomic mass is 10.0. The standard InChI is InChI=1S/C16H17BrClN/c1-2-16(13-6-8-15(18)9-7-13)19-11-12-4-3-5-14(17)10-12/h3-10,16,19H,2,11H2,1H3. The first-order valence-corrected chi connectivity index (χ1v) is 7.59. The molecule has 2 rings (SSSR count). The van der Waals surface area contributed by atoms with Crippen LogP contribution in [0.4, 0.5) is 0 Å². The van der Waals surface area contributed by atoms with Gasteiger partial charge in [-0.05, 0) is 41.8 Å². The highest BCUT2D eigenvalue weighted by Gasteiger charge is 2.08. The molecule has 0 aliphatic heterocycles. The fourth-order valence-electron chi connectivity index (χ4n) is 2.08. The third kappa shape index (κ3) is 4.34. The van der Waals surface area contributed by atoms with E-state index in [0.717, 1.165) is 22.5 Å². The van der Waals surface area contributed by atoms with Gasteiger partial charge in [0.05, 0.1) is 0 Å². The van der Waals surface area contributed by atoms with Gasteiger partial charge in [-0.1, -0.05) is 58.7 Å². The summed E-state index contributed by atoms with van der Waals surface area (Å²) in [5.74, 6) is 0. The molecule has 1 N–H and O–H groups in total. The second kappa shape index (κ2) is 7.09. The monoisotopic (exact) mass is 337 g/mol. The summed E-state index contributed by atoms with van der Waals surface area (Å²) in [6.45, 7) is 3.05. The van der Waals surface area contributed by atoms with E-state index in [9.17, 15) is 0 Å². The Bertz CT molecular complexity index is 525. The summed E-state index contributed by atoms with van der Waals surface area (Å²) in [6.07, 6.45) is 1.05. The van der Waals surface area contributed by atoms with Crippen LogP contribution in [-0.2, 0) is 6.54 Å². The van der Waals surface area contributed by atoms with E-state index in [-0.39, 0.29) is 0 Å². The molecule has 0 radical (unpaired) electrons. The molecule has 0 fully saturated rings. The molecule has 1 atom stereocenters. The first-order chi connectivity index (χ1) is 9.19. The van der Waals surface area contributed by atoms with E-state index < -0.39 is 0 Å². The smallest absolute Gasteiger partial charge is 0.0406 e. The van der Waals surface area contributed by atoms with Crippen LogP contribution >= 0.6 is 27.5 Å². The largest absolute Gasteiger partial charge is 0.306 e. The van der Waals surface area contributed by atoms with Crippen molar-refractivity contribution in [2.75, 3.05) is 0 Å². The van der Waals surface area contributed by atoms with Crippen LogP contribution in [0, 0.1) is 0 Å². The van der Waals surface area contributed by atoms with Crippen LogP contribution < -0.4 is 5.32 Å². The van der Waals surface area contributed by atoms with Gasteiger partial charge in [0, 0.05) is 22.1 Å². The lowest BCUT2D eigenvalue weighted by molar-refractivity contribution is 0.519. The maximum Gasteiger partial charge on any atom is 0.0406 e. The molecule has 100 valence electrons. The molecular weight excluding hydrogens is 322 g/mol. The third-order valence-corrected chi connectivity index (χ3v) is 3.87. The molecule has 0 aliphatic rings. The molecule has 0 heterocycles. The molecule has 2 aromatic rings. The lowest BCUT2D eigenvalue weighted by Crippen LogP contribution is -2.20. The van der Waals surface area contributed by atoms with Crippen molar-refractivity contribution in [1.29, 1.82) is 0 Å². The summed E-state index contributed by atoms with van der Waals surface area (Å²) in [4.78, 5) is 0. The van der Waals surface area contributed by atoms with Crippen molar-refractivity contribution in [3.05, 3.63) is 69.2 Å². The van der Waals surface area contributed by atoms with Crippen molar-refractivity contribution in [2.24, 2.45) is 0 Å². The van der Waals surface area contributed by atoms with Crippen LogP contribution in [-0.4, -0.2) is 0 Å². The lowest BCUT2D eigenvalue weighted by Gasteiger charge is -2.17. The zero-order chi connectivity index (χ0) is 13.7. The van der Waals surface area contributed by atoms with Crippen molar-refractivity contribution in [1.82, 2.24) is 5.32 Å². The van der Waals surface area contributed by atoms with Crippen molar-refractivity contribution in [3.8, 4) is 0 Å². The number of hydrogen-bond acceptors (Lipinski definition) is 1. The number of hydrogen-bond donors (Lipinski definition) is 1. The van der Waals surface area contributed by atoms with E-state index in [1.54, 1.807) is 0 Å². The molecule has 0 aromatic heterocycles. The van der Waals surface area contributed by atoms with Gasteiger partial charge in [-0.3, -0.25) is 0 Å². The van der Waals surface area contributed by atoms with Crippen molar-refractivity contribution >= 4 is 27.5 Å². The zero-order valence-corrected chi connectivity index (χ0v) is 13.2. The first-order valence-electron chi connectivity index (χ1n) is 6.42. The van der Waals surface area contributed by atoms with Crippen LogP contribution in [0.2, 0.25) is 5.02 Å². The molecule has 0 spiro atoms. The molecule has 2 aromatic carbocycles. The van der Waals surface area contributed by atoms with Gasteiger partial charge in [-0.2, -0.15) is 0 Å². The van der Waals surface area contributed by atoms with Crippen molar-refractivity contribution in [2.45, 2.75) is 25.9 Å². The second-order valence-electron chi connectivity index (χ2n) is 4.52. The van der Waals surface area contributed by atoms with Gasteiger partial charge >= 0.3 is 0 Å². The summed E-state index contributed by atoms with van der Waals surface area (Å²) < 4.78 is 1.12. The molecule has 0 aliphatic carbocycles. The minimum absolute atomic E-state index is 0.358. The fraction of sp³-hybridized carbons (Fsp3) is 0.250. The predicted molar refractivity (Wildman–Crippen MR) is 85.5 cm³/mol. The number of nitrogens with one attached hydrogen (secondary N) is 1. The Morgan fingerprint density at radius 1 is 1.16 bits per heavy atom.